The molecule has 86 valence electrons. The zero-order valence-corrected chi connectivity index (χ0v) is 9.34. The maximum absolute atomic E-state index is 11.8. The van der Waals surface area contributed by atoms with Crippen LogP contribution < -0.4 is 5.73 Å². The van der Waals surface area contributed by atoms with Crippen molar-refractivity contribution >= 4 is 11.6 Å². The lowest BCUT2D eigenvalue weighted by Crippen LogP contribution is -2.09. The number of pyridine rings is 2. The van der Waals surface area contributed by atoms with Crippen molar-refractivity contribution in [3.05, 3.63) is 54.0 Å². The molecule has 0 fully saturated rings. The number of nitrogen functional groups attached to an aromatic ring is 1. The van der Waals surface area contributed by atoms with Gasteiger partial charge in [0.2, 0.25) is 0 Å². The second-order valence-corrected chi connectivity index (χ2v) is 3.80. The van der Waals surface area contributed by atoms with Crippen molar-refractivity contribution in [1.82, 2.24) is 9.97 Å². The van der Waals surface area contributed by atoms with Gasteiger partial charge in [0.15, 0.2) is 0 Å². The number of ketones is 1. The minimum Gasteiger partial charge on any atom is -0.383 e. The fourth-order valence-corrected chi connectivity index (χ4v) is 1.60. The second-order valence-electron chi connectivity index (χ2n) is 3.80. The summed E-state index contributed by atoms with van der Waals surface area (Å²) in [6.45, 7) is 0. The van der Waals surface area contributed by atoms with Gasteiger partial charge in [0.25, 0.3) is 0 Å². The second kappa shape index (κ2) is 5.21. The van der Waals surface area contributed by atoms with Crippen LogP contribution in [0, 0.1) is 0 Å². The van der Waals surface area contributed by atoms with Gasteiger partial charge >= 0.3 is 0 Å². The molecule has 0 radical (unpaired) electrons. The Morgan fingerprint density at radius 2 is 1.88 bits per heavy atom. The zero-order chi connectivity index (χ0) is 12.1. The minimum atomic E-state index is 0.121. The Balaban J connectivity index is 2.01. The van der Waals surface area contributed by atoms with E-state index in [1.165, 1.54) is 0 Å². The number of carbonyl (C=O) groups is 1. The van der Waals surface area contributed by atoms with E-state index < -0.39 is 0 Å². The topological polar surface area (TPSA) is 68.9 Å². The Labute approximate surface area is 99.5 Å². The van der Waals surface area contributed by atoms with Crippen LogP contribution in [0.4, 0.5) is 5.82 Å². The Morgan fingerprint density at radius 1 is 1.12 bits per heavy atom. The van der Waals surface area contributed by atoms with Crippen LogP contribution in [-0.4, -0.2) is 15.8 Å². The van der Waals surface area contributed by atoms with Gasteiger partial charge in [-0.15, -0.1) is 0 Å². The smallest absolute Gasteiger partial charge is 0.141 e. The van der Waals surface area contributed by atoms with Gasteiger partial charge in [-0.1, -0.05) is 6.07 Å². The fourth-order valence-electron chi connectivity index (χ4n) is 1.60. The van der Waals surface area contributed by atoms with Gasteiger partial charge in [-0.3, -0.25) is 9.78 Å². The predicted octanol–water partition coefficient (Wildman–Crippen LogP) is 1.41. The van der Waals surface area contributed by atoms with Gasteiger partial charge in [0, 0.05) is 37.0 Å². The summed E-state index contributed by atoms with van der Waals surface area (Å²) in [6, 6.07) is 7.28. The molecule has 0 spiro atoms. The largest absolute Gasteiger partial charge is 0.383 e. The third-order valence-electron chi connectivity index (χ3n) is 2.46. The highest BCUT2D eigenvalue weighted by Crippen LogP contribution is 2.09. The molecule has 4 heteroatoms. The van der Waals surface area contributed by atoms with Gasteiger partial charge < -0.3 is 5.73 Å². The Morgan fingerprint density at radius 3 is 2.59 bits per heavy atom. The molecule has 2 rings (SSSR count). The summed E-state index contributed by atoms with van der Waals surface area (Å²) < 4.78 is 0. The molecule has 0 saturated heterocycles. The molecular weight excluding hydrogens is 214 g/mol. The van der Waals surface area contributed by atoms with Crippen molar-refractivity contribution < 1.29 is 4.79 Å². The number of hydrogen-bond acceptors (Lipinski definition) is 4. The quantitative estimate of drug-likeness (QED) is 0.857. The van der Waals surface area contributed by atoms with Gasteiger partial charge in [-0.05, 0) is 23.8 Å². The summed E-state index contributed by atoms with van der Waals surface area (Å²) in [5, 5.41) is 0. The maximum Gasteiger partial charge on any atom is 0.141 e. The van der Waals surface area contributed by atoms with Crippen molar-refractivity contribution in [2.24, 2.45) is 0 Å². The molecule has 2 N–H and O–H groups in total. The average Bonchev–Trinajstić information content (AvgIpc) is 2.33. The van der Waals surface area contributed by atoms with E-state index in [1.807, 2.05) is 18.2 Å². The lowest BCUT2D eigenvalue weighted by atomic mass is 10.0. The molecule has 0 aliphatic carbocycles. The van der Waals surface area contributed by atoms with Crippen LogP contribution >= 0.6 is 0 Å². The van der Waals surface area contributed by atoms with Crippen molar-refractivity contribution in [3.63, 3.8) is 0 Å². The molecule has 0 aliphatic rings. The summed E-state index contributed by atoms with van der Waals surface area (Å²) in [7, 11) is 0. The van der Waals surface area contributed by atoms with Gasteiger partial charge in [0.1, 0.15) is 11.6 Å². The molecule has 0 atom stereocenters. The standard InChI is InChI=1S/C13H13N3O/c14-13-11(2-1-5-16-13)9-12(17)8-10-3-6-15-7-4-10/h1-7H,8-9H2,(H2,14,16). The summed E-state index contributed by atoms with van der Waals surface area (Å²) in [4.78, 5) is 19.7. The molecular formula is C13H13N3O. The molecule has 0 unspecified atom stereocenters. The Bertz CT molecular complexity index is 511. The van der Waals surface area contributed by atoms with E-state index in [-0.39, 0.29) is 5.78 Å². The molecule has 4 nitrogen and oxygen atoms in total. The molecule has 0 aliphatic heterocycles. The predicted molar refractivity (Wildman–Crippen MR) is 65.3 cm³/mol. The first kappa shape index (κ1) is 11.3. The highest BCUT2D eigenvalue weighted by Gasteiger charge is 2.07. The van der Waals surface area contributed by atoms with Crippen molar-refractivity contribution in [2.75, 3.05) is 5.73 Å². The summed E-state index contributed by atoms with van der Waals surface area (Å²) in [5.41, 5.74) is 7.44. The molecule has 2 aromatic rings. The first-order valence-corrected chi connectivity index (χ1v) is 5.35. The summed E-state index contributed by atoms with van der Waals surface area (Å²) >= 11 is 0. The maximum atomic E-state index is 11.8. The van der Waals surface area contributed by atoms with Crippen LogP contribution in [0.1, 0.15) is 11.1 Å². The zero-order valence-electron chi connectivity index (χ0n) is 9.34. The first-order chi connectivity index (χ1) is 8.25. The van der Waals surface area contributed by atoms with Crippen LogP contribution in [-0.2, 0) is 17.6 Å². The monoisotopic (exact) mass is 227 g/mol. The lowest BCUT2D eigenvalue weighted by Gasteiger charge is -2.03. The number of anilines is 1. The van der Waals surface area contributed by atoms with Gasteiger partial charge in [-0.2, -0.15) is 0 Å². The number of rotatable bonds is 4. The third kappa shape index (κ3) is 3.11. The number of aromatic nitrogens is 2. The van der Waals surface area contributed by atoms with Crippen LogP contribution in [0.5, 0.6) is 0 Å². The highest BCUT2D eigenvalue weighted by atomic mass is 16.1. The number of nitrogens with zero attached hydrogens (tertiary/aromatic N) is 2. The molecule has 2 heterocycles. The normalized spacial score (nSPS) is 10.1. The molecule has 0 aromatic carbocycles. The van der Waals surface area contributed by atoms with Crippen molar-refractivity contribution in [3.8, 4) is 0 Å². The van der Waals surface area contributed by atoms with E-state index in [0.717, 1.165) is 11.1 Å². The number of hydrogen-bond donors (Lipinski definition) is 1. The average molecular weight is 227 g/mol. The van der Waals surface area contributed by atoms with E-state index in [1.54, 1.807) is 24.7 Å². The van der Waals surface area contributed by atoms with Crippen molar-refractivity contribution in [1.29, 1.82) is 0 Å². The molecule has 17 heavy (non-hydrogen) atoms. The SMILES string of the molecule is Nc1ncccc1CC(=O)Cc1ccncc1. The molecule has 0 bridgehead atoms. The fraction of sp³-hybridized carbons (Fsp3) is 0.154. The number of Topliss-reactive ketones (excluding diaryl/α,β-unsaturated/α-hetero) is 1. The number of carbonyl (C=O) groups excluding carboxylic acids is 1. The van der Waals surface area contributed by atoms with Gasteiger partial charge in [-0.25, -0.2) is 4.98 Å². The minimum absolute atomic E-state index is 0.121. The molecule has 0 saturated carbocycles. The molecule has 2 aromatic heterocycles. The third-order valence-corrected chi connectivity index (χ3v) is 2.46. The first-order valence-electron chi connectivity index (χ1n) is 5.35. The summed E-state index contributed by atoms with van der Waals surface area (Å²) in [5.74, 6) is 0.548. The van der Waals surface area contributed by atoms with E-state index in [9.17, 15) is 4.79 Å². The Hall–Kier alpha value is -2.23. The van der Waals surface area contributed by atoms with E-state index in [0.29, 0.717) is 18.7 Å². The highest BCUT2D eigenvalue weighted by molar-refractivity contribution is 5.84. The Kier molecular flexibility index (Phi) is 3.45. The lowest BCUT2D eigenvalue weighted by molar-refractivity contribution is -0.117. The van der Waals surface area contributed by atoms with Crippen LogP contribution in [0.25, 0.3) is 0 Å². The van der Waals surface area contributed by atoms with E-state index in [4.69, 9.17) is 5.73 Å². The van der Waals surface area contributed by atoms with Crippen LogP contribution in [0.2, 0.25) is 0 Å². The van der Waals surface area contributed by atoms with Crippen LogP contribution in [0.15, 0.2) is 42.9 Å². The van der Waals surface area contributed by atoms with E-state index >= 15 is 0 Å². The van der Waals surface area contributed by atoms with Gasteiger partial charge in [0.05, 0.1) is 0 Å². The molecule has 0 amide bonds. The van der Waals surface area contributed by atoms with Crippen LogP contribution in [0.3, 0.4) is 0 Å². The van der Waals surface area contributed by atoms with Crippen molar-refractivity contribution in [2.45, 2.75) is 12.8 Å². The number of nitrogens with two attached hydrogens (primary N) is 1. The summed E-state index contributed by atoms with van der Waals surface area (Å²) in [6.07, 6.45) is 5.70. The van der Waals surface area contributed by atoms with E-state index in [2.05, 4.69) is 9.97 Å².